The summed E-state index contributed by atoms with van der Waals surface area (Å²) in [6.45, 7) is 5.73. The second-order valence-electron chi connectivity index (χ2n) is 3.48. The van der Waals surface area contributed by atoms with Gasteiger partial charge < -0.3 is 10.2 Å². The van der Waals surface area contributed by atoms with Crippen molar-refractivity contribution in [3.63, 3.8) is 0 Å². The summed E-state index contributed by atoms with van der Waals surface area (Å²) in [7, 11) is 2.02. The predicted octanol–water partition coefficient (Wildman–Crippen LogP) is 0.807. The molecule has 0 aliphatic carbocycles. The minimum Gasteiger partial charge on any atom is -0.351 e. The molecule has 0 aromatic carbocycles. The van der Waals surface area contributed by atoms with Crippen molar-refractivity contribution < 1.29 is 4.79 Å². The van der Waals surface area contributed by atoms with Gasteiger partial charge in [-0.25, -0.2) is 0 Å². The van der Waals surface area contributed by atoms with E-state index >= 15 is 0 Å². The number of nitrogens with one attached hydrogen (secondary N) is 1. The fourth-order valence-electron chi connectivity index (χ4n) is 1.48. The molecule has 13 heavy (non-hydrogen) atoms. The molecule has 0 radical (unpaired) electrons. The maximum absolute atomic E-state index is 11.5. The molecule has 74 valence electrons. The van der Waals surface area contributed by atoms with E-state index in [1.165, 1.54) is 0 Å². The van der Waals surface area contributed by atoms with Crippen molar-refractivity contribution in [3.05, 3.63) is 11.6 Å². The number of hydrogen-bond donors (Lipinski definition) is 1. The third kappa shape index (κ3) is 3.36. The molecule has 4 heteroatoms. The van der Waals surface area contributed by atoms with E-state index in [4.69, 9.17) is 11.6 Å². The van der Waals surface area contributed by atoms with Gasteiger partial charge in [0.05, 0.1) is 12.5 Å². The molecular formula is C9H15ClN2O. The lowest BCUT2D eigenvalue weighted by atomic mass is 10.1. The summed E-state index contributed by atoms with van der Waals surface area (Å²) in [5, 5.41) is 3.22. The number of likely N-dealkylation sites (tertiary alicyclic amines) is 1. The van der Waals surface area contributed by atoms with E-state index in [0.717, 1.165) is 19.5 Å². The van der Waals surface area contributed by atoms with Crippen LogP contribution in [0.4, 0.5) is 0 Å². The third-order valence-electron chi connectivity index (χ3n) is 2.22. The first-order chi connectivity index (χ1) is 6.09. The average molecular weight is 203 g/mol. The Morgan fingerprint density at radius 3 is 2.92 bits per heavy atom. The summed E-state index contributed by atoms with van der Waals surface area (Å²) in [5.41, 5.74) is 0. The van der Waals surface area contributed by atoms with Crippen LogP contribution in [0.15, 0.2) is 11.6 Å². The van der Waals surface area contributed by atoms with Crippen molar-refractivity contribution in [1.82, 2.24) is 10.2 Å². The van der Waals surface area contributed by atoms with Gasteiger partial charge in [-0.1, -0.05) is 18.2 Å². The standard InChI is InChI=1S/C9H15ClN2O/c1-7(10)5-11-9(13)8-3-4-12(2)6-8/h8H,1,3-6H2,2H3,(H,11,13). The molecule has 1 atom stereocenters. The van der Waals surface area contributed by atoms with Gasteiger partial charge in [0.2, 0.25) is 5.91 Å². The Hall–Kier alpha value is -0.540. The summed E-state index contributed by atoms with van der Waals surface area (Å²) >= 11 is 5.54. The van der Waals surface area contributed by atoms with Crippen molar-refractivity contribution in [2.45, 2.75) is 6.42 Å². The van der Waals surface area contributed by atoms with Gasteiger partial charge in [0.1, 0.15) is 0 Å². The summed E-state index contributed by atoms with van der Waals surface area (Å²) in [6, 6.07) is 0. The molecule has 1 aliphatic heterocycles. The first-order valence-electron chi connectivity index (χ1n) is 4.39. The minimum absolute atomic E-state index is 0.0890. The van der Waals surface area contributed by atoms with Crippen LogP contribution in [-0.2, 0) is 4.79 Å². The van der Waals surface area contributed by atoms with E-state index < -0.39 is 0 Å². The molecule has 0 bridgehead atoms. The largest absolute Gasteiger partial charge is 0.351 e. The van der Waals surface area contributed by atoms with Crippen LogP contribution < -0.4 is 5.32 Å². The fraction of sp³-hybridized carbons (Fsp3) is 0.667. The first kappa shape index (κ1) is 10.5. The third-order valence-corrected chi connectivity index (χ3v) is 2.35. The Morgan fingerprint density at radius 1 is 1.77 bits per heavy atom. The van der Waals surface area contributed by atoms with Crippen LogP contribution in [-0.4, -0.2) is 37.5 Å². The highest BCUT2D eigenvalue weighted by molar-refractivity contribution is 6.29. The molecule has 1 fully saturated rings. The second-order valence-corrected chi connectivity index (χ2v) is 4.02. The predicted molar refractivity (Wildman–Crippen MR) is 53.6 cm³/mol. The minimum atomic E-state index is 0.0890. The zero-order valence-electron chi connectivity index (χ0n) is 7.85. The Balaban J connectivity index is 2.27. The molecule has 1 N–H and O–H groups in total. The van der Waals surface area contributed by atoms with Crippen LogP contribution in [0.3, 0.4) is 0 Å². The van der Waals surface area contributed by atoms with E-state index in [-0.39, 0.29) is 11.8 Å². The second kappa shape index (κ2) is 4.63. The summed E-state index contributed by atoms with van der Waals surface area (Å²) < 4.78 is 0. The van der Waals surface area contributed by atoms with Gasteiger partial charge in [-0.05, 0) is 20.0 Å². The highest BCUT2D eigenvalue weighted by Crippen LogP contribution is 2.14. The van der Waals surface area contributed by atoms with Crippen LogP contribution in [0.25, 0.3) is 0 Å². The number of carbonyl (C=O) groups is 1. The smallest absolute Gasteiger partial charge is 0.224 e. The van der Waals surface area contributed by atoms with Crippen LogP contribution in [0.5, 0.6) is 0 Å². The van der Waals surface area contributed by atoms with E-state index in [2.05, 4.69) is 16.8 Å². The monoisotopic (exact) mass is 202 g/mol. The number of nitrogens with zero attached hydrogens (tertiary/aromatic N) is 1. The molecular weight excluding hydrogens is 188 g/mol. The van der Waals surface area contributed by atoms with Gasteiger partial charge in [-0.2, -0.15) is 0 Å². The Bertz CT molecular complexity index is 218. The van der Waals surface area contributed by atoms with Gasteiger partial charge in [0, 0.05) is 11.6 Å². The van der Waals surface area contributed by atoms with Crippen LogP contribution in [0.2, 0.25) is 0 Å². The molecule has 0 saturated carbocycles. The van der Waals surface area contributed by atoms with Crippen molar-refractivity contribution in [2.24, 2.45) is 5.92 Å². The molecule has 1 saturated heterocycles. The SMILES string of the molecule is C=C(Cl)CNC(=O)C1CCN(C)C1. The fourth-order valence-corrected chi connectivity index (χ4v) is 1.54. The highest BCUT2D eigenvalue weighted by Gasteiger charge is 2.25. The number of halogens is 1. The number of hydrogen-bond acceptors (Lipinski definition) is 2. The molecule has 1 amide bonds. The molecule has 0 aromatic heterocycles. The maximum atomic E-state index is 11.5. The Labute approximate surface area is 83.7 Å². The lowest BCUT2D eigenvalue weighted by Crippen LogP contribution is -2.32. The highest BCUT2D eigenvalue weighted by atomic mass is 35.5. The Morgan fingerprint density at radius 2 is 2.46 bits per heavy atom. The molecule has 0 aromatic rings. The molecule has 1 aliphatic rings. The zero-order valence-corrected chi connectivity index (χ0v) is 8.60. The maximum Gasteiger partial charge on any atom is 0.224 e. The molecule has 1 heterocycles. The van der Waals surface area contributed by atoms with E-state index in [1.807, 2.05) is 7.05 Å². The molecule has 3 nitrogen and oxygen atoms in total. The van der Waals surface area contributed by atoms with Crippen molar-refractivity contribution in [2.75, 3.05) is 26.7 Å². The number of rotatable bonds is 3. The summed E-state index contributed by atoms with van der Waals surface area (Å²) in [6.07, 6.45) is 0.942. The van der Waals surface area contributed by atoms with Crippen LogP contribution in [0, 0.1) is 5.92 Å². The van der Waals surface area contributed by atoms with Gasteiger partial charge in [-0.15, -0.1) is 0 Å². The number of amides is 1. The normalized spacial score (nSPS) is 23.1. The zero-order chi connectivity index (χ0) is 9.84. The van der Waals surface area contributed by atoms with Gasteiger partial charge >= 0.3 is 0 Å². The molecule has 1 unspecified atom stereocenters. The topological polar surface area (TPSA) is 32.3 Å². The molecule has 0 spiro atoms. The van der Waals surface area contributed by atoms with Crippen molar-refractivity contribution in [3.8, 4) is 0 Å². The van der Waals surface area contributed by atoms with Gasteiger partial charge in [0.15, 0.2) is 0 Å². The Kier molecular flexibility index (Phi) is 3.75. The lowest BCUT2D eigenvalue weighted by Gasteiger charge is -2.10. The first-order valence-corrected chi connectivity index (χ1v) is 4.77. The van der Waals surface area contributed by atoms with Gasteiger partial charge in [0.25, 0.3) is 0 Å². The lowest BCUT2D eigenvalue weighted by molar-refractivity contribution is -0.124. The summed E-state index contributed by atoms with van der Waals surface area (Å²) in [5.74, 6) is 0.215. The van der Waals surface area contributed by atoms with E-state index in [1.54, 1.807) is 0 Å². The van der Waals surface area contributed by atoms with Gasteiger partial charge in [-0.3, -0.25) is 4.79 Å². The van der Waals surface area contributed by atoms with E-state index in [0.29, 0.717) is 11.6 Å². The number of carbonyl (C=O) groups excluding carboxylic acids is 1. The van der Waals surface area contributed by atoms with Crippen LogP contribution in [0.1, 0.15) is 6.42 Å². The van der Waals surface area contributed by atoms with Crippen LogP contribution >= 0.6 is 11.6 Å². The molecule has 1 rings (SSSR count). The van der Waals surface area contributed by atoms with E-state index in [9.17, 15) is 4.79 Å². The summed E-state index contributed by atoms with van der Waals surface area (Å²) in [4.78, 5) is 13.6. The van der Waals surface area contributed by atoms with Crippen molar-refractivity contribution in [1.29, 1.82) is 0 Å². The van der Waals surface area contributed by atoms with Crippen molar-refractivity contribution >= 4 is 17.5 Å². The quantitative estimate of drug-likeness (QED) is 0.735. The average Bonchev–Trinajstić information content (AvgIpc) is 2.47.